The molecule has 1 unspecified atom stereocenters. The Hall–Kier alpha value is -3.92. The largest absolute Gasteiger partial charge is 0.392 e. The van der Waals surface area contributed by atoms with E-state index >= 15 is 0 Å². The van der Waals surface area contributed by atoms with Crippen LogP contribution in [0.2, 0.25) is 0 Å². The average molecular weight is 516 g/mol. The van der Waals surface area contributed by atoms with E-state index in [-0.39, 0.29) is 22.6 Å². The van der Waals surface area contributed by atoms with Gasteiger partial charge in [-0.15, -0.1) is 5.10 Å². The summed E-state index contributed by atoms with van der Waals surface area (Å²) in [5, 5.41) is 21.3. The van der Waals surface area contributed by atoms with Gasteiger partial charge in [-0.1, -0.05) is 19.9 Å². The van der Waals surface area contributed by atoms with Gasteiger partial charge in [0.2, 0.25) is 5.95 Å². The van der Waals surface area contributed by atoms with E-state index < -0.39 is 23.2 Å². The first-order chi connectivity index (χ1) is 18.2. The highest BCUT2D eigenvalue weighted by Crippen LogP contribution is 2.69. The zero-order chi connectivity index (χ0) is 26.7. The molecule has 4 aromatic rings. The molecule has 0 aliphatic heterocycles. The van der Waals surface area contributed by atoms with Crippen LogP contribution < -0.4 is 5.32 Å². The van der Waals surface area contributed by atoms with Crippen molar-refractivity contribution < 1.29 is 13.9 Å². The Balaban J connectivity index is 1.40. The molecule has 3 atom stereocenters. The molecule has 0 spiro atoms. The van der Waals surface area contributed by atoms with Crippen molar-refractivity contribution in [3.05, 3.63) is 77.5 Å². The zero-order valence-corrected chi connectivity index (χ0v) is 21.3. The van der Waals surface area contributed by atoms with E-state index in [9.17, 15) is 13.9 Å². The standard InChI is InChI=1S/C28H27F2N7O/c1-15(38)12-32-26-33-13-16(14-34-26)25-31-10-8-22(35-25)28-9-7-18(27(28,2)3)17-11-21(36-37-24(17)28)23-19(29)5-4-6-20(23)30/h4-6,8,10-11,13-15,18,38H,7,9,12H2,1-3H3,(H,32,33,34)/t15?,18-,28+/m0/s1. The predicted molar refractivity (Wildman–Crippen MR) is 137 cm³/mol. The lowest BCUT2D eigenvalue weighted by Gasteiger charge is -2.37. The van der Waals surface area contributed by atoms with Crippen molar-refractivity contribution in [1.82, 2.24) is 30.1 Å². The fourth-order valence-corrected chi connectivity index (χ4v) is 6.27. The summed E-state index contributed by atoms with van der Waals surface area (Å²) in [7, 11) is 0. The quantitative estimate of drug-likeness (QED) is 0.382. The summed E-state index contributed by atoms with van der Waals surface area (Å²) < 4.78 is 29.1. The van der Waals surface area contributed by atoms with Gasteiger partial charge in [-0.2, -0.15) is 5.10 Å². The number of halogens is 2. The Morgan fingerprint density at radius 1 is 1.08 bits per heavy atom. The second-order valence-corrected chi connectivity index (χ2v) is 10.6. The highest BCUT2D eigenvalue weighted by Gasteiger charge is 2.65. The minimum absolute atomic E-state index is 0.141. The first-order valence-corrected chi connectivity index (χ1v) is 12.6. The van der Waals surface area contributed by atoms with E-state index in [1.807, 2.05) is 6.07 Å². The second kappa shape index (κ2) is 8.83. The van der Waals surface area contributed by atoms with Gasteiger partial charge in [0, 0.05) is 25.1 Å². The van der Waals surface area contributed by atoms with Crippen LogP contribution in [0, 0.1) is 17.0 Å². The van der Waals surface area contributed by atoms with Gasteiger partial charge in [0.1, 0.15) is 11.6 Å². The van der Waals surface area contributed by atoms with Gasteiger partial charge in [-0.25, -0.2) is 28.7 Å². The van der Waals surface area contributed by atoms with Gasteiger partial charge >= 0.3 is 0 Å². The molecule has 0 saturated heterocycles. The molecule has 0 radical (unpaired) electrons. The van der Waals surface area contributed by atoms with Gasteiger partial charge in [-0.05, 0) is 60.9 Å². The van der Waals surface area contributed by atoms with Gasteiger partial charge in [0.15, 0.2) is 5.82 Å². The molecule has 2 aliphatic rings. The van der Waals surface area contributed by atoms with E-state index in [2.05, 4.69) is 44.3 Å². The number of aromatic nitrogens is 6. The maximum atomic E-state index is 14.5. The summed E-state index contributed by atoms with van der Waals surface area (Å²) in [6.45, 7) is 6.42. The minimum Gasteiger partial charge on any atom is -0.392 e. The predicted octanol–water partition coefficient (Wildman–Crippen LogP) is 4.66. The monoisotopic (exact) mass is 515 g/mol. The van der Waals surface area contributed by atoms with Crippen LogP contribution in [0.25, 0.3) is 22.6 Å². The average Bonchev–Trinajstić information content (AvgIpc) is 3.28. The Labute approximate surface area is 218 Å². The zero-order valence-electron chi connectivity index (χ0n) is 21.3. The number of fused-ring (bicyclic) bond motifs is 5. The Bertz CT molecular complexity index is 1510. The topological polar surface area (TPSA) is 110 Å². The number of hydrogen-bond acceptors (Lipinski definition) is 8. The number of benzene rings is 1. The van der Waals surface area contributed by atoms with Crippen molar-refractivity contribution in [1.29, 1.82) is 0 Å². The third-order valence-electron chi connectivity index (χ3n) is 8.16. The van der Waals surface area contributed by atoms with Crippen molar-refractivity contribution >= 4 is 5.95 Å². The molecule has 0 amide bonds. The molecular weight excluding hydrogens is 488 g/mol. The van der Waals surface area contributed by atoms with Crippen LogP contribution in [0.15, 0.2) is 48.9 Å². The third-order valence-corrected chi connectivity index (χ3v) is 8.16. The van der Waals surface area contributed by atoms with Crippen LogP contribution in [0.4, 0.5) is 14.7 Å². The van der Waals surface area contributed by atoms with Gasteiger partial charge < -0.3 is 10.4 Å². The van der Waals surface area contributed by atoms with Crippen molar-refractivity contribution in [2.75, 3.05) is 11.9 Å². The maximum absolute atomic E-state index is 14.5. The van der Waals surface area contributed by atoms with Crippen molar-refractivity contribution in [3.8, 4) is 22.6 Å². The van der Waals surface area contributed by atoms with E-state index in [0.717, 1.165) is 29.8 Å². The molecular formula is C28H27F2N7O. The third kappa shape index (κ3) is 3.58. The summed E-state index contributed by atoms with van der Waals surface area (Å²) in [4.78, 5) is 18.1. The first-order valence-electron chi connectivity index (χ1n) is 12.6. The van der Waals surface area contributed by atoms with Gasteiger partial charge in [-0.3, -0.25) is 0 Å². The van der Waals surface area contributed by atoms with Crippen molar-refractivity contribution in [2.45, 2.75) is 51.0 Å². The summed E-state index contributed by atoms with van der Waals surface area (Å²) in [6.07, 6.45) is 6.23. The number of nitrogens with zero attached hydrogens (tertiary/aromatic N) is 6. The Morgan fingerprint density at radius 2 is 1.82 bits per heavy atom. The minimum atomic E-state index is -0.661. The van der Waals surface area contributed by atoms with Crippen LogP contribution in [0.1, 0.15) is 56.5 Å². The van der Waals surface area contributed by atoms with Crippen LogP contribution >= 0.6 is 0 Å². The molecule has 1 aromatic carbocycles. The molecule has 1 fully saturated rings. The Kier molecular flexibility index (Phi) is 5.68. The number of rotatable bonds is 6. The summed E-state index contributed by atoms with van der Waals surface area (Å²) in [5.74, 6) is -0.282. The van der Waals surface area contributed by atoms with E-state index in [1.54, 1.807) is 31.6 Å². The molecule has 6 rings (SSSR count). The molecule has 2 N–H and O–H groups in total. The highest BCUT2D eigenvalue weighted by molar-refractivity contribution is 5.64. The number of nitrogens with one attached hydrogen (secondary N) is 1. The Morgan fingerprint density at radius 3 is 2.53 bits per heavy atom. The maximum Gasteiger partial charge on any atom is 0.222 e. The number of aliphatic hydroxyl groups is 1. The summed E-state index contributed by atoms with van der Waals surface area (Å²) >= 11 is 0. The van der Waals surface area contributed by atoms with Crippen LogP contribution in [0.3, 0.4) is 0 Å². The van der Waals surface area contributed by atoms with Crippen LogP contribution in [0.5, 0.6) is 0 Å². The number of anilines is 1. The summed E-state index contributed by atoms with van der Waals surface area (Å²) in [5.41, 5.74) is 2.51. The molecule has 38 heavy (non-hydrogen) atoms. The van der Waals surface area contributed by atoms with Crippen molar-refractivity contribution in [2.24, 2.45) is 5.41 Å². The lowest BCUT2D eigenvalue weighted by atomic mass is 9.66. The molecule has 3 aromatic heterocycles. The first kappa shape index (κ1) is 24.4. The smallest absolute Gasteiger partial charge is 0.222 e. The number of hydrogen-bond donors (Lipinski definition) is 2. The molecule has 2 aliphatic carbocycles. The highest BCUT2D eigenvalue weighted by atomic mass is 19.1. The fourth-order valence-electron chi connectivity index (χ4n) is 6.27. The molecule has 1 saturated carbocycles. The molecule has 8 nitrogen and oxygen atoms in total. The summed E-state index contributed by atoms with van der Waals surface area (Å²) in [6, 6.07) is 7.51. The van der Waals surface area contributed by atoms with E-state index in [0.29, 0.717) is 23.9 Å². The second-order valence-electron chi connectivity index (χ2n) is 10.6. The van der Waals surface area contributed by atoms with E-state index in [1.165, 1.54) is 18.2 Å². The lowest BCUT2D eigenvalue weighted by molar-refractivity contribution is 0.208. The van der Waals surface area contributed by atoms with Crippen LogP contribution in [-0.4, -0.2) is 47.9 Å². The van der Waals surface area contributed by atoms with E-state index in [4.69, 9.17) is 4.98 Å². The van der Waals surface area contributed by atoms with Gasteiger partial charge in [0.05, 0.1) is 39.7 Å². The van der Waals surface area contributed by atoms with Crippen LogP contribution in [-0.2, 0) is 5.41 Å². The fraction of sp³-hybridized carbons (Fsp3) is 0.357. The molecule has 10 heteroatoms. The van der Waals surface area contributed by atoms with Gasteiger partial charge in [0.25, 0.3) is 0 Å². The number of aliphatic hydroxyl groups excluding tert-OH is 1. The normalized spacial score (nSPS) is 21.8. The molecule has 3 heterocycles. The SMILES string of the molecule is CC(O)CNc1ncc(-c2nccc([C@]34CC[C@@H](c5cc(-c6c(F)cccc6F)nnc53)C4(C)C)n2)cn1. The molecule has 2 bridgehead atoms. The molecule has 194 valence electrons. The van der Waals surface area contributed by atoms with Crippen molar-refractivity contribution in [3.63, 3.8) is 0 Å². The lowest BCUT2D eigenvalue weighted by Crippen LogP contribution is -2.38.